The van der Waals surface area contributed by atoms with Crippen molar-refractivity contribution in [3.05, 3.63) is 59.4 Å². The molecule has 33 heavy (non-hydrogen) atoms. The van der Waals surface area contributed by atoms with Crippen LogP contribution in [0.2, 0.25) is 0 Å². The third-order valence-electron chi connectivity index (χ3n) is 4.42. The van der Waals surface area contributed by atoms with E-state index < -0.39 is 23.6 Å². The van der Waals surface area contributed by atoms with Crippen molar-refractivity contribution in [3.8, 4) is 11.5 Å². The quantitative estimate of drug-likeness (QED) is 0.273. The third-order valence-corrected chi connectivity index (χ3v) is 4.71. The van der Waals surface area contributed by atoms with Crippen LogP contribution >= 0.6 is 12.2 Å². The molecule has 0 bridgehead atoms. The van der Waals surface area contributed by atoms with Crippen LogP contribution in [-0.2, 0) is 19.1 Å². The summed E-state index contributed by atoms with van der Waals surface area (Å²) in [5.74, 6) is -2.07. The molecule has 1 aliphatic rings. The Kier molecular flexibility index (Phi) is 7.73. The van der Waals surface area contributed by atoms with Gasteiger partial charge in [-0.15, -0.1) is 0 Å². The number of amides is 2. The fourth-order valence-electron chi connectivity index (χ4n) is 3.02. The summed E-state index contributed by atoms with van der Waals surface area (Å²) >= 11 is 5.09. The van der Waals surface area contributed by atoms with E-state index in [9.17, 15) is 18.8 Å². The number of carbonyl (C=O) groups is 3. The van der Waals surface area contributed by atoms with Gasteiger partial charge in [-0.05, 0) is 62.0 Å². The highest BCUT2D eigenvalue weighted by atomic mass is 32.1. The van der Waals surface area contributed by atoms with E-state index in [1.54, 1.807) is 38.1 Å². The van der Waals surface area contributed by atoms with E-state index in [0.717, 1.165) is 4.90 Å². The summed E-state index contributed by atoms with van der Waals surface area (Å²) < 4.78 is 30.1. The number of nitrogens with zero attached hydrogens (tertiary/aromatic N) is 1. The van der Waals surface area contributed by atoms with Crippen LogP contribution in [-0.4, -0.2) is 42.7 Å². The number of thiocarbonyl (C=S) groups is 1. The molecular weight excluding hydrogens is 451 g/mol. The Morgan fingerprint density at radius 3 is 2.55 bits per heavy atom. The Morgan fingerprint density at radius 2 is 1.85 bits per heavy atom. The summed E-state index contributed by atoms with van der Waals surface area (Å²) in [6.07, 6.45) is 1.34. The average molecular weight is 472 g/mol. The molecule has 1 aliphatic heterocycles. The first-order valence-corrected chi connectivity index (χ1v) is 10.5. The van der Waals surface area contributed by atoms with Gasteiger partial charge in [-0.1, -0.05) is 18.2 Å². The number of hydrogen-bond donors (Lipinski definition) is 1. The fraction of sp³-hybridized carbons (Fsp3) is 0.217. The Bertz CT molecular complexity index is 1130. The van der Waals surface area contributed by atoms with Crippen molar-refractivity contribution in [2.45, 2.75) is 13.8 Å². The number of ether oxygens (including phenoxy) is 3. The lowest BCUT2D eigenvalue weighted by atomic mass is 10.1. The van der Waals surface area contributed by atoms with E-state index in [0.29, 0.717) is 23.7 Å². The average Bonchev–Trinajstić information content (AvgIpc) is 2.77. The van der Waals surface area contributed by atoms with Crippen LogP contribution in [0, 0.1) is 5.82 Å². The predicted octanol–water partition coefficient (Wildman–Crippen LogP) is 3.00. The monoisotopic (exact) mass is 472 g/mol. The van der Waals surface area contributed by atoms with Gasteiger partial charge in [0.1, 0.15) is 11.4 Å². The van der Waals surface area contributed by atoms with Crippen LogP contribution in [0.5, 0.6) is 11.5 Å². The van der Waals surface area contributed by atoms with Crippen molar-refractivity contribution in [1.29, 1.82) is 0 Å². The molecular formula is C23H21FN2O6S. The van der Waals surface area contributed by atoms with Crippen LogP contribution < -0.4 is 19.7 Å². The van der Waals surface area contributed by atoms with Crippen LogP contribution in [0.15, 0.2) is 48.0 Å². The zero-order chi connectivity index (χ0) is 24.0. The molecule has 8 nitrogen and oxygen atoms in total. The summed E-state index contributed by atoms with van der Waals surface area (Å²) in [4.78, 5) is 38.0. The number of halogens is 1. The lowest BCUT2D eigenvalue weighted by molar-refractivity contribution is -0.145. The Morgan fingerprint density at radius 1 is 1.09 bits per heavy atom. The first-order chi connectivity index (χ1) is 15.8. The summed E-state index contributed by atoms with van der Waals surface area (Å²) in [5, 5.41) is 2.19. The SMILES string of the molecule is CCOC(=O)COc1ccc(/C=C2\C(=O)NC(=S)N(c3ccccc3F)C2=O)cc1OCC. The van der Waals surface area contributed by atoms with Crippen molar-refractivity contribution in [3.63, 3.8) is 0 Å². The molecule has 0 saturated carbocycles. The third kappa shape index (κ3) is 5.53. The molecule has 0 aliphatic carbocycles. The molecule has 0 atom stereocenters. The number of rotatable bonds is 8. The molecule has 1 N–H and O–H groups in total. The second-order valence-corrected chi connectivity index (χ2v) is 7.03. The van der Waals surface area contributed by atoms with Crippen LogP contribution in [0.3, 0.4) is 0 Å². The molecule has 2 aromatic rings. The summed E-state index contributed by atoms with van der Waals surface area (Å²) in [6, 6.07) is 10.3. The van der Waals surface area contributed by atoms with Gasteiger partial charge in [0.2, 0.25) is 0 Å². The Hall–Kier alpha value is -3.79. The van der Waals surface area contributed by atoms with Gasteiger partial charge in [-0.3, -0.25) is 14.9 Å². The van der Waals surface area contributed by atoms with Gasteiger partial charge >= 0.3 is 5.97 Å². The molecule has 0 radical (unpaired) electrons. The second kappa shape index (κ2) is 10.7. The number of carbonyl (C=O) groups excluding carboxylic acids is 3. The van der Waals surface area contributed by atoms with Gasteiger partial charge in [0, 0.05) is 0 Å². The first kappa shape index (κ1) is 23.9. The predicted molar refractivity (Wildman–Crippen MR) is 122 cm³/mol. The van der Waals surface area contributed by atoms with Gasteiger partial charge in [0.25, 0.3) is 11.8 Å². The van der Waals surface area contributed by atoms with Gasteiger partial charge in [-0.25, -0.2) is 14.1 Å². The van der Waals surface area contributed by atoms with E-state index >= 15 is 0 Å². The molecule has 0 spiro atoms. The van der Waals surface area contributed by atoms with E-state index in [1.807, 2.05) is 0 Å². The standard InChI is InChI=1S/C23H21FN2O6S/c1-3-30-19-12-14(9-10-18(19)32-13-20(27)31-4-2)11-15-21(28)25-23(33)26(22(15)29)17-8-6-5-7-16(17)24/h5-12H,3-4,13H2,1-2H3,(H,25,28,33)/b15-11+. The molecule has 0 unspecified atom stereocenters. The first-order valence-electron chi connectivity index (χ1n) is 10.1. The molecule has 1 saturated heterocycles. The van der Waals surface area contributed by atoms with E-state index in [4.69, 9.17) is 26.4 Å². The molecule has 172 valence electrons. The maximum Gasteiger partial charge on any atom is 0.344 e. The van der Waals surface area contributed by atoms with Crippen molar-refractivity contribution in [2.24, 2.45) is 0 Å². The van der Waals surface area contributed by atoms with E-state index in [1.165, 1.54) is 24.3 Å². The molecule has 1 heterocycles. The van der Waals surface area contributed by atoms with Gasteiger partial charge in [0.15, 0.2) is 23.2 Å². The van der Waals surface area contributed by atoms with Crippen LogP contribution in [0.4, 0.5) is 10.1 Å². The number of benzene rings is 2. The van der Waals surface area contributed by atoms with E-state index in [-0.39, 0.29) is 29.6 Å². The number of para-hydroxylation sites is 1. The minimum Gasteiger partial charge on any atom is -0.490 e. The zero-order valence-corrected chi connectivity index (χ0v) is 18.7. The van der Waals surface area contributed by atoms with Crippen LogP contribution in [0.25, 0.3) is 6.08 Å². The maximum absolute atomic E-state index is 14.3. The highest BCUT2D eigenvalue weighted by molar-refractivity contribution is 7.80. The summed E-state index contributed by atoms with van der Waals surface area (Å²) in [6.45, 7) is 3.70. The normalized spacial score (nSPS) is 14.8. The van der Waals surface area contributed by atoms with E-state index in [2.05, 4.69) is 5.32 Å². The molecule has 2 amide bonds. The highest BCUT2D eigenvalue weighted by Gasteiger charge is 2.35. The van der Waals surface area contributed by atoms with Gasteiger partial charge in [0.05, 0.1) is 18.9 Å². The summed E-state index contributed by atoms with van der Waals surface area (Å²) in [5.41, 5.74) is 0.132. The number of anilines is 1. The lowest BCUT2D eigenvalue weighted by Gasteiger charge is -2.29. The van der Waals surface area contributed by atoms with Crippen molar-refractivity contribution in [1.82, 2.24) is 5.32 Å². The summed E-state index contributed by atoms with van der Waals surface area (Å²) in [7, 11) is 0. The molecule has 3 rings (SSSR count). The second-order valence-electron chi connectivity index (χ2n) is 6.64. The van der Waals surface area contributed by atoms with Crippen molar-refractivity contribution < 1.29 is 33.0 Å². The molecule has 1 fully saturated rings. The largest absolute Gasteiger partial charge is 0.490 e. The maximum atomic E-state index is 14.3. The Balaban J connectivity index is 1.91. The van der Waals surface area contributed by atoms with Crippen molar-refractivity contribution >= 4 is 46.9 Å². The lowest BCUT2D eigenvalue weighted by Crippen LogP contribution is -2.54. The highest BCUT2D eigenvalue weighted by Crippen LogP contribution is 2.30. The molecule has 10 heteroatoms. The van der Waals surface area contributed by atoms with Crippen molar-refractivity contribution in [2.75, 3.05) is 24.7 Å². The minimum absolute atomic E-state index is 0.0730. The van der Waals surface area contributed by atoms with Crippen LogP contribution in [0.1, 0.15) is 19.4 Å². The smallest absolute Gasteiger partial charge is 0.344 e. The molecule has 2 aromatic carbocycles. The topological polar surface area (TPSA) is 94.2 Å². The minimum atomic E-state index is -0.769. The number of hydrogen-bond acceptors (Lipinski definition) is 7. The Labute approximate surface area is 194 Å². The molecule has 0 aromatic heterocycles. The number of nitrogens with one attached hydrogen (secondary N) is 1. The van der Waals surface area contributed by atoms with Gasteiger partial charge in [-0.2, -0.15) is 0 Å². The fourth-order valence-corrected chi connectivity index (χ4v) is 3.29. The zero-order valence-electron chi connectivity index (χ0n) is 17.9. The van der Waals surface area contributed by atoms with Gasteiger partial charge < -0.3 is 14.2 Å². The number of esters is 1.